The van der Waals surface area contributed by atoms with E-state index >= 15 is 0 Å². The molecule has 1 heterocycles. The molecule has 0 N–H and O–H groups in total. The monoisotopic (exact) mass is 497 g/mol. The Kier molecular flexibility index (Phi) is 14.6. The Morgan fingerprint density at radius 2 is 1.13 bits per heavy atom. The molecule has 1 saturated heterocycles. The van der Waals surface area contributed by atoms with E-state index in [2.05, 4.69) is 0 Å². The second kappa shape index (κ2) is 15.4. The number of carbonyl (C=O) groups is 1. The van der Waals surface area contributed by atoms with E-state index in [-0.39, 0.29) is 46.1 Å². The largest absolute Gasteiger partial charge is 2.00 e. The molecule has 1 aliphatic heterocycles. The van der Waals surface area contributed by atoms with Crippen molar-refractivity contribution in [3.05, 3.63) is 128 Å². The third kappa shape index (κ3) is 7.74. The van der Waals surface area contributed by atoms with Gasteiger partial charge in [-0.25, -0.2) is 0 Å². The Morgan fingerprint density at radius 1 is 0.742 bits per heavy atom. The zero-order valence-electron chi connectivity index (χ0n) is 17.6. The molecule has 31 heavy (non-hydrogen) atoms. The van der Waals surface area contributed by atoms with Crippen molar-refractivity contribution >= 4 is 5.91 Å². The van der Waals surface area contributed by atoms with Gasteiger partial charge in [0.25, 0.3) is 5.91 Å². The first-order valence-corrected chi connectivity index (χ1v) is 9.92. The number of β-lactam (4-membered cyclic amide) rings is 1. The maximum atomic E-state index is 12.5. The molecule has 3 nitrogen and oxygen atoms in total. The molecule has 0 aromatic heterocycles. The molecule has 0 unspecified atom stereocenters. The summed E-state index contributed by atoms with van der Waals surface area (Å²) in [5.41, 5.74) is -0.750. The molecule has 20 radical (unpaired) electrons. The number of hydrogen-bond donors (Lipinski definition) is 0. The molecule has 5 aliphatic rings. The summed E-state index contributed by atoms with van der Waals surface area (Å²) in [6.45, 7) is 4.34. The predicted molar refractivity (Wildman–Crippen MR) is 115 cm³/mol. The van der Waals surface area contributed by atoms with Crippen LogP contribution < -0.4 is 0 Å². The van der Waals surface area contributed by atoms with Crippen LogP contribution in [0.1, 0.15) is 13.8 Å². The summed E-state index contributed by atoms with van der Waals surface area (Å²) in [5, 5.41) is 0. The number of amides is 1. The Balaban J connectivity index is 0.000000331. The zero-order chi connectivity index (χ0) is 20.5. The van der Waals surface area contributed by atoms with Gasteiger partial charge in [0.05, 0.1) is 12.1 Å². The standard InChI is InChI=1S/C16H17NO2.2C5H5.2Fe/c1-3-19-16(2)14(12-8-4-5-9-12)17(15(16)18)13-10-6-7-11-13;2*1-2-4-5-3-1;;/h4-11,14H,3H2,1-2H3;2*1-5H;;/q;;;2*+2/t14-,16+;;;;/m0..../s1. The summed E-state index contributed by atoms with van der Waals surface area (Å²) in [5.74, 6) is 1.16. The fourth-order valence-electron chi connectivity index (χ4n) is 3.56. The smallest absolute Gasteiger partial charge is 0.364 e. The Hall–Kier alpha value is 0.469. The summed E-state index contributed by atoms with van der Waals surface area (Å²) < 4.78 is 5.75. The van der Waals surface area contributed by atoms with E-state index in [0.29, 0.717) is 6.61 Å². The Labute approximate surface area is 213 Å². The molecular formula is C26H27Fe2NO2+4. The molecule has 4 saturated carbocycles. The van der Waals surface area contributed by atoms with Crippen molar-refractivity contribution in [2.45, 2.75) is 25.5 Å². The van der Waals surface area contributed by atoms with Gasteiger partial charge in [-0.2, -0.15) is 0 Å². The van der Waals surface area contributed by atoms with Crippen LogP contribution in [0.25, 0.3) is 0 Å². The van der Waals surface area contributed by atoms with E-state index in [4.69, 9.17) is 4.74 Å². The minimum Gasteiger partial charge on any atom is -0.364 e. The van der Waals surface area contributed by atoms with Gasteiger partial charge in [-0.15, -0.1) is 0 Å². The topological polar surface area (TPSA) is 29.5 Å². The van der Waals surface area contributed by atoms with Crippen molar-refractivity contribution in [1.29, 1.82) is 0 Å². The summed E-state index contributed by atoms with van der Waals surface area (Å²) >= 11 is 0. The molecule has 5 heteroatoms. The second-order valence-corrected chi connectivity index (χ2v) is 6.90. The number of ether oxygens (including phenoxy) is 1. The fraction of sp³-hybridized carbons (Fsp3) is 0.192. The van der Waals surface area contributed by atoms with Crippen LogP contribution in [0.5, 0.6) is 0 Å². The van der Waals surface area contributed by atoms with E-state index in [0.717, 1.165) is 12.0 Å². The van der Waals surface area contributed by atoms with E-state index in [1.165, 1.54) is 0 Å². The van der Waals surface area contributed by atoms with Gasteiger partial charge >= 0.3 is 34.1 Å². The molecule has 2 atom stereocenters. The number of hydrogen-bond acceptors (Lipinski definition) is 2. The first-order chi connectivity index (χ1) is 14.2. The van der Waals surface area contributed by atoms with Crippen LogP contribution in [0.3, 0.4) is 0 Å². The maximum absolute atomic E-state index is 12.5. The molecule has 1 amide bonds. The average molecular weight is 497 g/mol. The zero-order valence-corrected chi connectivity index (χ0v) is 19.9. The maximum Gasteiger partial charge on any atom is 2.00 e. The van der Waals surface area contributed by atoms with Gasteiger partial charge in [-0.1, -0.05) is 0 Å². The first kappa shape index (κ1) is 29.5. The molecule has 5 rings (SSSR count). The van der Waals surface area contributed by atoms with E-state index in [9.17, 15) is 4.79 Å². The van der Waals surface area contributed by atoms with E-state index < -0.39 is 5.60 Å². The van der Waals surface area contributed by atoms with Gasteiger partial charge in [0.15, 0.2) is 5.60 Å². The van der Waals surface area contributed by atoms with E-state index in [1.54, 1.807) is 0 Å². The Bertz CT molecular complexity index is 459. The summed E-state index contributed by atoms with van der Waals surface area (Å²) in [4.78, 5) is 14.3. The molecule has 160 valence electrons. The normalized spacial score (nSPS) is 30.5. The summed E-state index contributed by atoms with van der Waals surface area (Å²) in [6, 6.07) is 0.894. The van der Waals surface area contributed by atoms with Crippen LogP contribution in [0.4, 0.5) is 0 Å². The van der Waals surface area contributed by atoms with Crippen LogP contribution in [-0.4, -0.2) is 29.1 Å². The van der Waals surface area contributed by atoms with Crippen LogP contribution in [0, 0.1) is 128 Å². The number of carbonyl (C=O) groups excluding carboxylic acids is 1. The van der Waals surface area contributed by atoms with Gasteiger partial charge < -0.3 is 9.64 Å². The molecular weight excluding hydrogens is 470 g/mol. The molecule has 0 bridgehead atoms. The minimum atomic E-state index is -0.750. The predicted octanol–water partition coefficient (Wildman–Crippen LogP) is 3.80. The first-order valence-electron chi connectivity index (χ1n) is 9.92. The molecule has 0 spiro atoms. The molecule has 0 aromatic rings. The molecule has 4 aliphatic carbocycles. The average Bonchev–Trinajstić information content (AvgIpc) is 3.56. The number of nitrogens with zero attached hydrogens (tertiary/aromatic N) is 1. The van der Waals surface area contributed by atoms with Crippen molar-refractivity contribution in [3.8, 4) is 0 Å². The number of rotatable bonds is 4. The van der Waals surface area contributed by atoms with Crippen LogP contribution >= 0.6 is 0 Å². The molecule has 5 fully saturated rings. The summed E-state index contributed by atoms with van der Waals surface area (Å²) in [6.07, 6.45) is 35.9. The van der Waals surface area contributed by atoms with Crippen molar-refractivity contribution < 1.29 is 43.7 Å². The number of likely N-dealkylation sites (tertiary alicyclic amines) is 1. The Morgan fingerprint density at radius 3 is 1.52 bits per heavy atom. The third-order valence-electron chi connectivity index (χ3n) is 4.91. The quantitative estimate of drug-likeness (QED) is 0.437. The van der Waals surface area contributed by atoms with Gasteiger partial charge in [-0.05, 0) is 129 Å². The van der Waals surface area contributed by atoms with Crippen LogP contribution in [0.15, 0.2) is 0 Å². The minimum absolute atomic E-state index is 0. The van der Waals surface area contributed by atoms with Crippen molar-refractivity contribution in [1.82, 2.24) is 4.90 Å². The van der Waals surface area contributed by atoms with Gasteiger partial charge in [0, 0.05) is 12.5 Å². The van der Waals surface area contributed by atoms with Gasteiger partial charge in [-0.3, -0.25) is 4.79 Å². The summed E-state index contributed by atoms with van der Waals surface area (Å²) in [7, 11) is 0. The third-order valence-corrected chi connectivity index (χ3v) is 4.91. The van der Waals surface area contributed by atoms with Crippen LogP contribution in [0.2, 0.25) is 0 Å². The van der Waals surface area contributed by atoms with Gasteiger partial charge in [0.2, 0.25) is 0 Å². The van der Waals surface area contributed by atoms with Gasteiger partial charge in [0.1, 0.15) is 0 Å². The molecule has 0 aromatic carbocycles. The van der Waals surface area contributed by atoms with Crippen molar-refractivity contribution in [2.24, 2.45) is 0 Å². The van der Waals surface area contributed by atoms with Crippen LogP contribution in [-0.2, 0) is 43.7 Å². The van der Waals surface area contributed by atoms with E-state index in [1.807, 2.05) is 134 Å². The van der Waals surface area contributed by atoms with Crippen molar-refractivity contribution in [2.75, 3.05) is 6.61 Å². The second-order valence-electron chi connectivity index (χ2n) is 6.90. The fourth-order valence-corrected chi connectivity index (χ4v) is 3.56. The van der Waals surface area contributed by atoms with Crippen molar-refractivity contribution in [3.63, 3.8) is 0 Å². The SMILES string of the molecule is CCO[C@@]1(C)C(=O)N([C]2[CH][CH][CH][CH]2)[C@H]1[C]1[CH][CH][CH][CH]1.[CH]1[CH][CH][CH][CH]1.[CH]1[CH][CH][CH][CH]1.[Fe+2].[Fe+2].